The van der Waals surface area contributed by atoms with E-state index in [1.54, 1.807) is 0 Å². The second-order valence-electron chi connectivity index (χ2n) is 6.17. The molecule has 2 bridgehead atoms. The lowest BCUT2D eigenvalue weighted by Crippen LogP contribution is -2.32. The number of rotatable bonds is 2. The summed E-state index contributed by atoms with van der Waals surface area (Å²) in [6.45, 7) is 0. The van der Waals surface area contributed by atoms with Crippen molar-refractivity contribution in [1.29, 1.82) is 0 Å². The van der Waals surface area contributed by atoms with Crippen LogP contribution in [-0.2, 0) is 23.6 Å². The molecule has 2 nitrogen and oxygen atoms in total. The van der Waals surface area contributed by atoms with Gasteiger partial charge in [0.05, 0.1) is 0 Å². The minimum Gasteiger partial charge on any atom is -0.294 e. The topological polar surface area (TPSA) is 34.1 Å². The molecule has 2 aliphatic heterocycles. The maximum Gasteiger partial charge on any atom is 0.166 e. The normalized spacial score (nSPS) is 35.6. The molecular formula is C16H18O2S. The van der Waals surface area contributed by atoms with Crippen LogP contribution in [0.25, 0.3) is 0 Å². The highest BCUT2D eigenvalue weighted by atomic mass is 32.2. The molecule has 100 valence electrons. The summed E-state index contributed by atoms with van der Waals surface area (Å²) in [5.74, 6) is 0.414. The minimum atomic E-state index is -0.661. The summed E-state index contributed by atoms with van der Waals surface area (Å²) in [5, 5.41) is 0.582. The fourth-order valence-corrected chi connectivity index (χ4v) is 5.96. The highest BCUT2D eigenvalue weighted by Gasteiger charge is 2.42. The van der Waals surface area contributed by atoms with E-state index in [4.69, 9.17) is 0 Å². The van der Waals surface area contributed by atoms with E-state index in [1.807, 2.05) is 6.07 Å². The maximum atomic E-state index is 12.6. The molecule has 3 aliphatic rings. The highest BCUT2D eigenvalue weighted by Crippen LogP contribution is 2.40. The summed E-state index contributed by atoms with van der Waals surface area (Å²) in [5.41, 5.74) is 3.64. The Morgan fingerprint density at radius 1 is 1.05 bits per heavy atom. The predicted octanol–water partition coefficient (Wildman–Crippen LogP) is 2.66. The summed E-state index contributed by atoms with van der Waals surface area (Å²) < 4.78 is 12.0. The molecule has 2 fully saturated rings. The van der Waals surface area contributed by atoms with Gasteiger partial charge in [0.25, 0.3) is 0 Å². The number of Topliss-reactive ketones (excluding diaryl/α,β-unsaturated/α-hetero) is 1. The number of benzene rings is 1. The third-order valence-corrected chi connectivity index (χ3v) is 7.26. The smallest absolute Gasteiger partial charge is 0.166 e. The van der Waals surface area contributed by atoms with Crippen molar-refractivity contribution in [1.82, 2.24) is 0 Å². The molecule has 0 saturated carbocycles. The molecule has 0 amide bonds. The van der Waals surface area contributed by atoms with E-state index in [0.717, 1.165) is 44.1 Å². The molecule has 2 saturated heterocycles. The molecule has 19 heavy (non-hydrogen) atoms. The minimum absolute atomic E-state index is 0.119. The predicted molar refractivity (Wildman–Crippen MR) is 75.9 cm³/mol. The molecule has 3 heteroatoms. The van der Waals surface area contributed by atoms with Crippen molar-refractivity contribution in [2.45, 2.75) is 49.0 Å². The lowest BCUT2D eigenvalue weighted by atomic mass is 9.84. The standard InChI is InChI=1S/C16H18O2S/c17-16(12-4-2-10-1-3-11(10)7-12)13-8-14-5-6-15(9-13)19(14)18/h2,4,7,13-15H,1,3,5-6,8-9H2. The first-order chi connectivity index (χ1) is 9.22. The van der Waals surface area contributed by atoms with Gasteiger partial charge in [-0.05, 0) is 55.7 Å². The van der Waals surface area contributed by atoms with Crippen LogP contribution >= 0.6 is 0 Å². The van der Waals surface area contributed by atoms with E-state index in [9.17, 15) is 9.00 Å². The van der Waals surface area contributed by atoms with Crippen molar-refractivity contribution in [2.24, 2.45) is 5.92 Å². The van der Waals surface area contributed by atoms with Gasteiger partial charge < -0.3 is 0 Å². The Balaban J connectivity index is 1.57. The zero-order chi connectivity index (χ0) is 13.0. The number of ketones is 1. The molecule has 0 spiro atoms. The van der Waals surface area contributed by atoms with Gasteiger partial charge in [-0.1, -0.05) is 12.1 Å². The molecule has 1 aromatic rings. The van der Waals surface area contributed by atoms with Gasteiger partial charge in [-0.15, -0.1) is 0 Å². The molecule has 0 radical (unpaired) electrons. The molecule has 1 aromatic carbocycles. The molecule has 0 aromatic heterocycles. The summed E-state index contributed by atoms with van der Waals surface area (Å²) in [7, 11) is -0.661. The van der Waals surface area contributed by atoms with Crippen molar-refractivity contribution in [3.8, 4) is 0 Å². The van der Waals surface area contributed by atoms with Crippen LogP contribution in [0.5, 0.6) is 0 Å². The van der Waals surface area contributed by atoms with Crippen LogP contribution in [-0.4, -0.2) is 20.5 Å². The fourth-order valence-electron chi connectivity index (χ4n) is 3.83. The van der Waals surface area contributed by atoms with Gasteiger partial charge in [0, 0.05) is 32.8 Å². The van der Waals surface area contributed by atoms with E-state index in [1.165, 1.54) is 11.1 Å². The van der Waals surface area contributed by atoms with E-state index >= 15 is 0 Å². The molecular weight excluding hydrogens is 256 g/mol. The van der Waals surface area contributed by atoms with Gasteiger partial charge >= 0.3 is 0 Å². The van der Waals surface area contributed by atoms with Gasteiger partial charge in [0.15, 0.2) is 5.78 Å². The molecule has 0 N–H and O–H groups in total. The summed E-state index contributed by atoms with van der Waals surface area (Å²) >= 11 is 0. The zero-order valence-corrected chi connectivity index (χ0v) is 11.7. The number of carbonyl (C=O) groups excluding carboxylic acids is 1. The van der Waals surface area contributed by atoms with Crippen LogP contribution in [0.15, 0.2) is 18.2 Å². The lowest BCUT2D eigenvalue weighted by Gasteiger charge is -2.27. The molecule has 1 aliphatic carbocycles. The molecule has 2 heterocycles. The van der Waals surface area contributed by atoms with Crippen molar-refractivity contribution < 1.29 is 9.00 Å². The fraction of sp³-hybridized carbons (Fsp3) is 0.562. The van der Waals surface area contributed by atoms with Gasteiger partial charge in [-0.25, -0.2) is 0 Å². The second-order valence-corrected chi connectivity index (χ2v) is 8.16. The Labute approximate surface area is 116 Å². The molecule has 2 unspecified atom stereocenters. The average Bonchev–Trinajstić information content (AvgIpc) is 2.63. The average molecular weight is 274 g/mol. The van der Waals surface area contributed by atoms with Crippen LogP contribution in [0.3, 0.4) is 0 Å². The summed E-state index contributed by atoms with van der Waals surface area (Å²) in [4.78, 5) is 12.6. The van der Waals surface area contributed by atoms with Gasteiger partial charge in [0.1, 0.15) is 0 Å². The van der Waals surface area contributed by atoms with Crippen LogP contribution < -0.4 is 0 Å². The van der Waals surface area contributed by atoms with Crippen molar-refractivity contribution >= 4 is 16.6 Å². The SMILES string of the molecule is O=C(c1ccc2c(c1)CC2)C1CC2CCC(C1)S2=O. The Bertz CT molecular complexity index is 562. The van der Waals surface area contributed by atoms with Crippen LogP contribution in [0.2, 0.25) is 0 Å². The van der Waals surface area contributed by atoms with Crippen molar-refractivity contribution in [3.05, 3.63) is 34.9 Å². The quantitative estimate of drug-likeness (QED) is 0.777. The number of carbonyl (C=O) groups is 1. The third-order valence-electron chi connectivity index (χ3n) is 5.09. The number of hydrogen-bond donors (Lipinski definition) is 0. The van der Waals surface area contributed by atoms with E-state index in [-0.39, 0.29) is 5.92 Å². The first kappa shape index (κ1) is 11.8. The largest absolute Gasteiger partial charge is 0.294 e. The number of hydrogen-bond acceptors (Lipinski definition) is 2. The molecule has 4 rings (SSSR count). The summed E-state index contributed by atoms with van der Waals surface area (Å²) in [6.07, 6.45) is 6.10. The summed E-state index contributed by atoms with van der Waals surface area (Å²) in [6, 6.07) is 6.20. The molecule has 2 atom stereocenters. The Hall–Kier alpha value is -0.960. The first-order valence-corrected chi connectivity index (χ1v) is 8.55. The van der Waals surface area contributed by atoms with Gasteiger partial charge in [-0.2, -0.15) is 0 Å². The monoisotopic (exact) mass is 274 g/mol. The van der Waals surface area contributed by atoms with Crippen molar-refractivity contribution in [3.63, 3.8) is 0 Å². The Morgan fingerprint density at radius 2 is 1.74 bits per heavy atom. The van der Waals surface area contributed by atoms with E-state index in [2.05, 4.69) is 12.1 Å². The highest BCUT2D eigenvalue weighted by molar-refractivity contribution is 7.86. The second kappa shape index (κ2) is 4.27. The number of fused-ring (bicyclic) bond motifs is 3. The maximum absolute atomic E-state index is 12.6. The van der Waals surface area contributed by atoms with Crippen LogP contribution in [0.4, 0.5) is 0 Å². The van der Waals surface area contributed by atoms with E-state index < -0.39 is 10.8 Å². The van der Waals surface area contributed by atoms with Gasteiger partial charge in [0.2, 0.25) is 0 Å². The van der Waals surface area contributed by atoms with Crippen LogP contribution in [0, 0.1) is 5.92 Å². The zero-order valence-electron chi connectivity index (χ0n) is 10.9. The Morgan fingerprint density at radius 3 is 2.32 bits per heavy atom. The van der Waals surface area contributed by atoms with E-state index in [0.29, 0.717) is 16.3 Å². The van der Waals surface area contributed by atoms with Gasteiger partial charge in [-0.3, -0.25) is 9.00 Å². The lowest BCUT2D eigenvalue weighted by molar-refractivity contribution is 0.0906. The Kier molecular flexibility index (Phi) is 2.66. The van der Waals surface area contributed by atoms with Crippen LogP contribution in [0.1, 0.15) is 47.2 Å². The van der Waals surface area contributed by atoms with Crippen molar-refractivity contribution in [2.75, 3.05) is 0 Å². The third kappa shape index (κ3) is 1.82. The first-order valence-electron chi connectivity index (χ1n) is 7.28. The number of aryl methyl sites for hydroxylation is 2.